The maximum Gasteiger partial charge on any atom is 0.0985 e. The zero-order valence-corrected chi connectivity index (χ0v) is 13.9. The number of aromatic nitrogens is 1. The van der Waals surface area contributed by atoms with Gasteiger partial charge in [-0.2, -0.15) is 0 Å². The molecule has 0 radical (unpaired) electrons. The lowest BCUT2D eigenvalue weighted by molar-refractivity contribution is 0.390. The second-order valence-corrected chi connectivity index (χ2v) is 7.67. The lowest BCUT2D eigenvalue weighted by Crippen LogP contribution is -2.32. The van der Waals surface area contributed by atoms with Crippen molar-refractivity contribution in [2.75, 3.05) is 0 Å². The molecule has 1 aromatic rings. The highest BCUT2D eigenvalue weighted by Gasteiger charge is 2.23. The standard InChI is InChI=1S/C15H28N2S/c1-9(2)10(3)16-11(4)13-12(5)17-14(18-13)15(6,7)8/h9-11,16H,1-8H3. The van der Waals surface area contributed by atoms with Crippen molar-refractivity contribution in [3.63, 3.8) is 0 Å². The molecule has 2 atom stereocenters. The van der Waals surface area contributed by atoms with Crippen LogP contribution in [0.2, 0.25) is 0 Å². The third-order valence-corrected chi connectivity index (χ3v) is 5.15. The van der Waals surface area contributed by atoms with E-state index in [0.717, 1.165) is 0 Å². The molecule has 0 aromatic carbocycles. The highest BCUT2D eigenvalue weighted by atomic mass is 32.1. The highest BCUT2D eigenvalue weighted by Crippen LogP contribution is 2.32. The summed E-state index contributed by atoms with van der Waals surface area (Å²) in [6.45, 7) is 17.8. The van der Waals surface area contributed by atoms with Crippen molar-refractivity contribution in [1.29, 1.82) is 0 Å². The summed E-state index contributed by atoms with van der Waals surface area (Å²) in [7, 11) is 0. The van der Waals surface area contributed by atoms with Crippen LogP contribution in [0.1, 0.15) is 70.1 Å². The molecule has 0 bridgehead atoms. The van der Waals surface area contributed by atoms with Crippen LogP contribution < -0.4 is 5.32 Å². The molecule has 2 nitrogen and oxygen atoms in total. The van der Waals surface area contributed by atoms with Crippen LogP contribution in [0.5, 0.6) is 0 Å². The number of hydrogen-bond acceptors (Lipinski definition) is 3. The van der Waals surface area contributed by atoms with Crippen LogP contribution in [0, 0.1) is 12.8 Å². The van der Waals surface area contributed by atoms with Crippen LogP contribution >= 0.6 is 11.3 Å². The molecule has 1 heterocycles. The van der Waals surface area contributed by atoms with Crippen molar-refractivity contribution >= 4 is 11.3 Å². The average Bonchev–Trinajstić information content (AvgIpc) is 2.59. The van der Waals surface area contributed by atoms with Gasteiger partial charge in [0.15, 0.2) is 0 Å². The van der Waals surface area contributed by atoms with Crippen molar-refractivity contribution in [1.82, 2.24) is 10.3 Å². The normalized spacial score (nSPS) is 16.1. The molecule has 0 aliphatic carbocycles. The third kappa shape index (κ3) is 3.79. The Bertz CT molecular complexity index is 388. The van der Waals surface area contributed by atoms with Gasteiger partial charge in [-0.25, -0.2) is 4.98 Å². The molecule has 0 spiro atoms. The molecular weight excluding hydrogens is 240 g/mol. The zero-order valence-electron chi connectivity index (χ0n) is 13.1. The van der Waals surface area contributed by atoms with Gasteiger partial charge in [0.05, 0.1) is 10.7 Å². The SMILES string of the molecule is Cc1nc(C(C)(C)C)sc1C(C)NC(C)C(C)C. The Labute approximate surface area is 116 Å². The number of nitrogens with zero attached hydrogens (tertiary/aromatic N) is 1. The quantitative estimate of drug-likeness (QED) is 0.873. The van der Waals surface area contributed by atoms with Crippen LogP contribution in [0.3, 0.4) is 0 Å². The first-order valence-corrected chi connectivity index (χ1v) is 7.68. The van der Waals surface area contributed by atoms with Crippen LogP contribution in [-0.4, -0.2) is 11.0 Å². The average molecular weight is 268 g/mol. The van der Waals surface area contributed by atoms with Crippen LogP contribution in [-0.2, 0) is 5.41 Å². The number of aryl methyl sites for hydroxylation is 1. The fourth-order valence-electron chi connectivity index (χ4n) is 1.79. The summed E-state index contributed by atoms with van der Waals surface area (Å²) in [5, 5.41) is 4.91. The number of nitrogens with one attached hydrogen (secondary N) is 1. The van der Waals surface area contributed by atoms with Crippen LogP contribution in [0.4, 0.5) is 0 Å². The molecule has 2 unspecified atom stereocenters. The van der Waals surface area contributed by atoms with Crippen LogP contribution in [0.15, 0.2) is 0 Å². The molecular formula is C15H28N2S. The summed E-state index contributed by atoms with van der Waals surface area (Å²) < 4.78 is 0. The molecule has 0 aliphatic heterocycles. The predicted octanol–water partition coefficient (Wildman–Crippen LogP) is 4.44. The summed E-state index contributed by atoms with van der Waals surface area (Å²) in [6, 6.07) is 0.913. The van der Waals surface area contributed by atoms with Gasteiger partial charge in [-0.05, 0) is 26.7 Å². The predicted molar refractivity (Wildman–Crippen MR) is 81.4 cm³/mol. The molecule has 0 aliphatic rings. The Balaban J connectivity index is 2.87. The smallest absolute Gasteiger partial charge is 0.0985 e. The van der Waals surface area contributed by atoms with E-state index >= 15 is 0 Å². The minimum absolute atomic E-state index is 0.150. The van der Waals surface area contributed by atoms with Crippen molar-refractivity contribution < 1.29 is 0 Å². The van der Waals surface area contributed by atoms with E-state index in [1.807, 2.05) is 11.3 Å². The van der Waals surface area contributed by atoms with E-state index in [0.29, 0.717) is 18.0 Å². The van der Waals surface area contributed by atoms with Crippen molar-refractivity contribution in [2.24, 2.45) is 5.92 Å². The molecule has 1 rings (SSSR count). The zero-order chi connectivity index (χ0) is 14.1. The number of thiazole rings is 1. The van der Waals surface area contributed by atoms with Gasteiger partial charge in [-0.3, -0.25) is 0 Å². The van der Waals surface area contributed by atoms with Gasteiger partial charge in [0.25, 0.3) is 0 Å². The third-order valence-electron chi connectivity index (χ3n) is 3.38. The van der Waals surface area contributed by atoms with Gasteiger partial charge in [-0.15, -0.1) is 11.3 Å². The molecule has 0 amide bonds. The Kier molecular flexibility index (Phi) is 4.96. The Morgan fingerprint density at radius 1 is 1.11 bits per heavy atom. The van der Waals surface area contributed by atoms with Gasteiger partial charge in [0.2, 0.25) is 0 Å². The van der Waals surface area contributed by atoms with Gasteiger partial charge >= 0.3 is 0 Å². The van der Waals surface area contributed by atoms with E-state index < -0.39 is 0 Å². The first kappa shape index (κ1) is 15.6. The van der Waals surface area contributed by atoms with E-state index in [9.17, 15) is 0 Å². The minimum Gasteiger partial charge on any atom is -0.307 e. The maximum atomic E-state index is 4.73. The lowest BCUT2D eigenvalue weighted by Gasteiger charge is -2.22. The van der Waals surface area contributed by atoms with Crippen LogP contribution in [0.25, 0.3) is 0 Å². The summed E-state index contributed by atoms with van der Waals surface area (Å²) in [6.07, 6.45) is 0. The summed E-state index contributed by atoms with van der Waals surface area (Å²) >= 11 is 1.85. The summed E-state index contributed by atoms with van der Waals surface area (Å²) in [5.41, 5.74) is 1.33. The molecule has 3 heteroatoms. The maximum absolute atomic E-state index is 4.73. The lowest BCUT2D eigenvalue weighted by atomic mass is 9.98. The van der Waals surface area contributed by atoms with Gasteiger partial charge < -0.3 is 5.32 Å². The minimum atomic E-state index is 0.150. The number of hydrogen-bond donors (Lipinski definition) is 1. The Morgan fingerprint density at radius 2 is 1.67 bits per heavy atom. The van der Waals surface area contributed by atoms with Gasteiger partial charge in [0, 0.05) is 22.4 Å². The number of rotatable bonds is 4. The molecule has 0 fully saturated rings. The van der Waals surface area contributed by atoms with E-state index in [1.54, 1.807) is 0 Å². The fourth-order valence-corrected chi connectivity index (χ4v) is 2.93. The molecule has 1 aromatic heterocycles. The van der Waals surface area contributed by atoms with Gasteiger partial charge in [0.1, 0.15) is 0 Å². The second-order valence-electron chi connectivity index (χ2n) is 6.64. The molecule has 0 saturated heterocycles. The summed E-state index contributed by atoms with van der Waals surface area (Å²) in [5.74, 6) is 0.655. The largest absolute Gasteiger partial charge is 0.307 e. The molecule has 18 heavy (non-hydrogen) atoms. The molecule has 1 N–H and O–H groups in total. The highest BCUT2D eigenvalue weighted by molar-refractivity contribution is 7.12. The molecule has 0 saturated carbocycles. The first-order valence-electron chi connectivity index (χ1n) is 6.86. The van der Waals surface area contributed by atoms with Gasteiger partial charge in [-0.1, -0.05) is 34.6 Å². The van der Waals surface area contributed by atoms with Crippen molar-refractivity contribution in [3.05, 3.63) is 15.6 Å². The summed E-state index contributed by atoms with van der Waals surface area (Å²) in [4.78, 5) is 6.12. The van der Waals surface area contributed by atoms with E-state index in [4.69, 9.17) is 4.98 Å². The van der Waals surface area contributed by atoms with Crippen molar-refractivity contribution in [3.8, 4) is 0 Å². The first-order chi connectivity index (χ1) is 8.12. The second kappa shape index (κ2) is 5.70. The Hall–Kier alpha value is -0.410. The van der Waals surface area contributed by atoms with Crippen molar-refractivity contribution in [2.45, 2.75) is 72.9 Å². The van der Waals surface area contributed by atoms with E-state index in [2.05, 4.69) is 60.7 Å². The fraction of sp³-hybridized carbons (Fsp3) is 0.800. The Morgan fingerprint density at radius 3 is 2.06 bits per heavy atom. The monoisotopic (exact) mass is 268 g/mol. The topological polar surface area (TPSA) is 24.9 Å². The molecule has 104 valence electrons. The van der Waals surface area contributed by atoms with E-state index in [-0.39, 0.29) is 5.41 Å². The van der Waals surface area contributed by atoms with E-state index in [1.165, 1.54) is 15.6 Å².